The molecule has 0 bridgehead atoms. The van der Waals surface area contributed by atoms with E-state index in [1.807, 2.05) is 0 Å². The van der Waals surface area contributed by atoms with Gasteiger partial charge in [0.1, 0.15) is 0 Å². The van der Waals surface area contributed by atoms with Gasteiger partial charge < -0.3 is 5.32 Å². The van der Waals surface area contributed by atoms with E-state index in [0.717, 1.165) is 17.9 Å². The Kier molecular flexibility index (Phi) is 3.09. The standard InChI is InChI=1S/C13H26N2/c1-10(2)8-15-9-13(3,4)14-7-12(15)11-5-6-11/h10-12,14H,5-9H2,1-4H3. The van der Waals surface area contributed by atoms with Crippen LogP contribution in [-0.2, 0) is 0 Å². The highest BCUT2D eigenvalue weighted by molar-refractivity contribution is 4.98. The summed E-state index contributed by atoms with van der Waals surface area (Å²) in [7, 11) is 0. The van der Waals surface area contributed by atoms with E-state index in [2.05, 4.69) is 37.9 Å². The highest BCUT2D eigenvalue weighted by Crippen LogP contribution is 2.37. The Bertz CT molecular complexity index is 219. The van der Waals surface area contributed by atoms with Crippen molar-refractivity contribution >= 4 is 0 Å². The van der Waals surface area contributed by atoms with E-state index in [-0.39, 0.29) is 0 Å². The normalized spacial score (nSPS) is 32.2. The summed E-state index contributed by atoms with van der Waals surface area (Å²) in [5, 5.41) is 3.69. The monoisotopic (exact) mass is 210 g/mol. The molecule has 1 aliphatic carbocycles. The molecule has 0 aromatic rings. The molecule has 1 unspecified atom stereocenters. The quantitative estimate of drug-likeness (QED) is 0.767. The predicted octanol–water partition coefficient (Wildman–Crippen LogP) is 2.10. The summed E-state index contributed by atoms with van der Waals surface area (Å²) in [5.41, 5.74) is 0.306. The van der Waals surface area contributed by atoms with E-state index in [1.54, 1.807) is 0 Å². The third-order valence-corrected chi connectivity index (χ3v) is 3.62. The Labute approximate surface area is 94.4 Å². The van der Waals surface area contributed by atoms with Crippen molar-refractivity contribution in [3.05, 3.63) is 0 Å². The summed E-state index contributed by atoms with van der Waals surface area (Å²) in [6.45, 7) is 13.0. The highest BCUT2D eigenvalue weighted by Gasteiger charge is 2.40. The number of piperazine rings is 1. The molecule has 0 amide bonds. The first-order chi connectivity index (χ1) is 6.98. The van der Waals surface area contributed by atoms with Crippen molar-refractivity contribution < 1.29 is 0 Å². The van der Waals surface area contributed by atoms with Crippen molar-refractivity contribution in [2.75, 3.05) is 19.6 Å². The van der Waals surface area contributed by atoms with E-state index in [4.69, 9.17) is 0 Å². The van der Waals surface area contributed by atoms with E-state index in [0.29, 0.717) is 5.54 Å². The van der Waals surface area contributed by atoms with Gasteiger partial charge in [-0.2, -0.15) is 0 Å². The van der Waals surface area contributed by atoms with Gasteiger partial charge in [-0.1, -0.05) is 13.8 Å². The number of nitrogens with one attached hydrogen (secondary N) is 1. The lowest BCUT2D eigenvalue weighted by Crippen LogP contribution is -2.62. The number of hydrogen-bond donors (Lipinski definition) is 1. The molecule has 88 valence electrons. The molecule has 2 heteroatoms. The van der Waals surface area contributed by atoms with Gasteiger partial charge in [-0.05, 0) is 38.5 Å². The van der Waals surface area contributed by atoms with E-state index in [1.165, 1.54) is 32.5 Å². The fourth-order valence-corrected chi connectivity index (χ4v) is 2.81. The zero-order valence-electron chi connectivity index (χ0n) is 10.7. The second-order valence-electron chi connectivity index (χ2n) is 6.49. The molecule has 2 rings (SSSR count). The molecule has 1 aliphatic heterocycles. The van der Waals surface area contributed by atoms with Gasteiger partial charge in [-0.25, -0.2) is 0 Å². The molecular formula is C13H26N2. The zero-order chi connectivity index (χ0) is 11.1. The predicted molar refractivity (Wildman–Crippen MR) is 65.0 cm³/mol. The molecule has 1 atom stereocenters. The maximum absolute atomic E-state index is 3.69. The third-order valence-electron chi connectivity index (χ3n) is 3.62. The van der Waals surface area contributed by atoms with Gasteiger partial charge in [0, 0.05) is 31.2 Å². The molecular weight excluding hydrogens is 184 g/mol. The Morgan fingerprint density at radius 2 is 2.00 bits per heavy atom. The molecule has 0 spiro atoms. The molecule has 1 saturated heterocycles. The number of rotatable bonds is 3. The van der Waals surface area contributed by atoms with Gasteiger partial charge >= 0.3 is 0 Å². The first kappa shape index (κ1) is 11.4. The van der Waals surface area contributed by atoms with Gasteiger partial charge in [0.05, 0.1) is 0 Å². The van der Waals surface area contributed by atoms with E-state index < -0.39 is 0 Å². The number of hydrogen-bond acceptors (Lipinski definition) is 2. The van der Waals surface area contributed by atoms with Crippen LogP contribution >= 0.6 is 0 Å². The number of nitrogens with zero attached hydrogens (tertiary/aromatic N) is 1. The molecule has 15 heavy (non-hydrogen) atoms. The minimum atomic E-state index is 0.306. The maximum Gasteiger partial charge on any atom is 0.0252 e. The molecule has 2 fully saturated rings. The van der Waals surface area contributed by atoms with Crippen molar-refractivity contribution in [1.29, 1.82) is 0 Å². The van der Waals surface area contributed by atoms with Crippen LogP contribution in [0.1, 0.15) is 40.5 Å². The van der Waals surface area contributed by atoms with Crippen molar-refractivity contribution in [2.45, 2.75) is 52.1 Å². The molecule has 1 N–H and O–H groups in total. The fourth-order valence-electron chi connectivity index (χ4n) is 2.81. The Morgan fingerprint density at radius 1 is 1.33 bits per heavy atom. The maximum atomic E-state index is 3.69. The summed E-state index contributed by atoms with van der Waals surface area (Å²) >= 11 is 0. The molecule has 0 radical (unpaired) electrons. The summed E-state index contributed by atoms with van der Waals surface area (Å²) in [6.07, 6.45) is 2.92. The smallest absolute Gasteiger partial charge is 0.0252 e. The molecule has 1 saturated carbocycles. The topological polar surface area (TPSA) is 15.3 Å². The van der Waals surface area contributed by atoms with Gasteiger partial charge in [0.15, 0.2) is 0 Å². The largest absolute Gasteiger partial charge is 0.309 e. The Morgan fingerprint density at radius 3 is 2.53 bits per heavy atom. The van der Waals surface area contributed by atoms with Crippen molar-refractivity contribution in [1.82, 2.24) is 10.2 Å². The van der Waals surface area contributed by atoms with Crippen LogP contribution in [-0.4, -0.2) is 36.1 Å². The van der Waals surface area contributed by atoms with Crippen LogP contribution in [0.3, 0.4) is 0 Å². The lowest BCUT2D eigenvalue weighted by molar-refractivity contribution is 0.0721. The Hall–Kier alpha value is -0.0800. The van der Waals surface area contributed by atoms with E-state index in [9.17, 15) is 0 Å². The second-order valence-corrected chi connectivity index (χ2v) is 6.49. The lowest BCUT2D eigenvalue weighted by atomic mass is 9.95. The fraction of sp³-hybridized carbons (Fsp3) is 1.00. The molecule has 0 aromatic heterocycles. The van der Waals surface area contributed by atoms with Gasteiger partial charge in [-0.15, -0.1) is 0 Å². The first-order valence-electron chi connectivity index (χ1n) is 6.47. The second kappa shape index (κ2) is 4.06. The Balaban J connectivity index is 1.98. The van der Waals surface area contributed by atoms with Crippen LogP contribution < -0.4 is 5.32 Å². The summed E-state index contributed by atoms with van der Waals surface area (Å²) in [6, 6.07) is 0.820. The summed E-state index contributed by atoms with van der Waals surface area (Å²) < 4.78 is 0. The van der Waals surface area contributed by atoms with Gasteiger partial charge in [-0.3, -0.25) is 4.90 Å². The third kappa shape index (κ3) is 2.94. The van der Waals surface area contributed by atoms with Crippen molar-refractivity contribution in [3.63, 3.8) is 0 Å². The lowest BCUT2D eigenvalue weighted by Gasteiger charge is -2.45. The SMILES string of the molecule is CC(C)CN1CC(C)(C)NCC1C1CC1. The van der Waals surface area contributed by atoms with Gasteiger partial charge in [0.2, 0.25) is 0 Å². The average Bonchev–Trinajstić information content (AvgIpc) is 2.84. The first-order valence-corrected chi connectivity index (χ1v) is 6.47. The van der Waals surface area contributed by atoms with Crippen LogP contribution in [0.5, 0.6) is 0 Å². The highest BCUT2D eigenvalue weighted by atomic mass is 15.3. The van der Waals surface area contributed by atoms with Crippen LogP contribution in [0.15, 0.2) is 0 Å². The molecule has 2 aliphatic rings. The minimum Gasteiger partial charge on any atom is -0.309 e. The molecule has 1 heterocycles. The van der Waals surface area contributed by atoms with Crippen LogP contribution in [0, 0.1) is 11.8 Å². The summed E-state index contributed by atoms with van der Waals surface area (Å²) in [5.74, 6) is 1.78. The zero-order valence-corrected chi connectivity index (χ0v) is 10.7. The van der Waals surface area contributed by atoms with Crippen LogP contribution in [0.4, 0.5) is 0 Å². The molecule has 2 nitrogen and oxygen atoms in total. The van der Waals surface area contributed by atoms with Crippen molar-refractivity contribution in [2.24, 2.45) is 11.8 Å². The molecule has 0 aromatic carbocycles. The van der Waals surface area contributed by atoms with Crippen molar-refractivity contribution in [3.8, 4) is 0 Å². The van der Waals surface area contributed by atoms with Crippen LogP contribution in [0.2, 0.25) is 0 Å². The minimum absolute atomic E-state index is 0.306. The summed E-state index contributed by atoms with van der Waals surface area (Å²) in [4.78, 5) is 2.73. The van der Waals surface area contributed by atoms with Crippen LogP contribution in [0.25, 0.3) is 0 Å². The van der Waals surface area contributed by atoms with Gasteiger partial charge in [0.25, 0.3) is 0 Å². The van der Waals surface area contributed by atoms with E-state index >= 15 is 0 Å². The average molecular weight is 210 g/mol.